The minimum absolute atomic E-state index is 0.0350. The molecule has 0 unspecified atom stereocenters. The van der Waals surface area contributed by atoms with Crippen molar-refractivity contribution >= 4 is 16.6 Å². The summed E-state index contributed by atoms with van der Waals surface area (Å²) in [4.78, 5) is 15.0. The van der Waals surface area contributed by atoms with Gasteiger partial charge in [-0.25, -0.2) is 8.78 Å². The molecule has 0 spiro atoms. The smallest absolute Gasteiger partial charge is 0.385 e. The predicted molar refractivity (Wildman–Crippen MR) is 93.0 cm³/mol. The Bertz CT molecular complexity index is 1180. The van der Waals surface area contributed by atoms with E-state index in [0.717, 1.165) is 24.4 Å². The van der Waals surface area contributed by atoms with Gasteiger partial charge in [0.2, 0.25) is 5.43 Å². The predicted octanol–water partition coefficient (Wildman–Crippen LogP) is 4.33. The molecule has 28 heavy (non-hydrogen) atoms. The molecule has 0 aliphatic heterocycles. The van der Waals surface area contributed by atoms with E-state index in [1.165, 1.54) is 7.05 Å². The summed E-state index contributed by atoms with van der Waals surface area (Å²) >= 11 is 0. The summed E-state index contributed by atoms with van der Waals surface area (Å²) in [6.07, 6.45) is -3.83. The van der Waals surface area contributed by atoms with Gasteiger partial charge in [0.05, 0.1) is 22.2 Å². The van der Waals surface area contributed by atoms with Gasteiger partial charge in [-0.3, -0.25) is 4.79 Å². The Hall–Kier alpha value is -3.41. The molecule has 0 saturated heterocycles. The Kier molecular flexibility index (Phi) is 4.81. The van der Waals surface area contributed by atoms with Gasteiger partial charge in [0, 0.05) is 25.2 Å². The number of fused-ring (bicyclic) bond motifs is 1. The Morgan fingerprint density at radius 3 is 2.46 bits per heavy atom. The van der Waals surface area contributed by atoms with Gasteiger partial charge in [-0.05, 0) is 23.8 Å². The molecule has 2 N–H and O–H groups in total. The number of alkyl halides is 3. The van der Waals surface area contributed by atoms with Crippen molar-refractivity contribution < 1.29 is 22.0 Å². The number of pyridine rings is 1. The number of aromatic amines is 1. The molecule has 0 fully saturated rings. The van der Waals surface area contributed by atoms with Crippen molar-refractivity contribution in [3.63, 3.8) is 0 Å². The third kappa shape index (κ3) is 3.29. The summed E-state index contributed by atoms with van der Waals surface area (Å²) in [6, 6.07) is 4.70. The van der Waals surface area contributed by atoms with Crippen molar-refractivity contribution in [1.29, 1.82) is 5.26 Å². The van der Waals surface area contributed by atoms with E-state index >= 15 is 0 Å². The van der Waals surface area contributed by atoms with E-state index in [9.17, 15) is 26.7 Å². The molecule has 0 bridgehead atoms. The lowest BCUT2D eigenvalue weighted by Gasteiger charge is -2.15. The first-order chi connectivity index (χ1) is 13.2. The van der Waals surface area contributed by atoms with E-state index in [0.29, 0.717) is 6.07 Å². The van der Waals surface area contributed by atoms with Gasteiger partial charge < -0.3 is 10.3 Å². The van der Waals surface area contributed by atoms with Gasteiger partial charge in [-0.1, -0.05) is 6.07 Å². The highest BCUT2D eigenvalue weighted by Crippen LogP contribution is 2.33. The largest absolute Gasteiger partial charge is 0.416 e. The highest BCUT2D eigenvalue weighted by Gasteiger charge is 2.31. The number of halogens is 5. The van der Waals surface area contributed by atoms with Gasteiger partial charge in [-0.15, -0.1) is 0 Å². The second-order valence-electron chi connectivity index (χ2n) is 6.01. The Balaban J connectivity index is 2.22. The van der Waals surface area contributed by atoms with Crippen molar-refractivity contribution in [3.05, 3.63) is 74.6 Å². The fourth-order valence-corrected chi connectivity index (χ4v) is 2.99. The maximum atomic E-state index is 14.5. The lowest BCUT2D eigenvalue weighted by Crippen LogP contribution is -2.12. The second-order valence-corrected chi connectivity index (χ2v) is 6.01. The Morgan fingerprint density at radius 2 is 1.89 bits per heavy atom. The third-order valence-electron chi connectivity index (χ3n) is 4.35. The van der Waals surface area contributed by atoms with Crippen LogP contribution in [-0.4, -0.2) is 12.0 Å². The Labute approximate surface area is 155 Å². The first-order valence-corrected chi connectivity index (χ1v) is 7.97. The van der Waals surface area contributed by atoms with E-state index in [2.05, 4.69) is 10.3 Å². The molecule has 0 saturated carbocycles. The fourth-order valence-electron chi connectivity index (χ4n) is 2.99. The molecule has 3 aromatic rings. The monoisotopic (exact) mass is 393 g/mol. The van der Waals surface area contributed by atoms with Gasteiger partial charge in [0.15, 0.2) is 0 Å². The number of aromatic nitrogens is 1. The summed E-state index contributed by atoms with van der Waals surface area (Å²) in [5, 5.41) is 11.5. The minimum Gasteiger partial charge on any atom is -0.385 e. The normalized spacial score (nSPS) is 11.5. The molecule has 144 valence electrons. The van der Waals surface area contributed by atoms with Crippen molar-refractivity contribution in [2.24, 2.45) is 0 Å². The summed E-state index contributed by atoms with van der Waals surface area (Å²) in [7, 11) is 1.42. The SMILES string of the molecule is CNc1c(F)cc2c(=O)c(C#N)c[nH]c2c1Cc1ccc(C(F)(F)F)cc1F. The molecule has 0 radical (unpaired) electrons. The van der Waals surface area contributed by atoms with Crippen molar-refractivity contribution in [2.75, 3.05) is 12.4 Å². The summed E-state index contributed by atoms with van der Waals surface area (Å²) in [5.41, 5.74) is -1.90. The quantitative estimate of drug-likeness (QED) is 0.651. The molecule has 0 amide bonds. The number of anilines is 1. The maximum Gasteiger partial charge on any atom is 0.416 e. The number of H-pyrrole nitrogens is 1. The standard InChI is InChI=1S/C19H12F5N3O/c1-26-17-12(4-9-2-3-11(5-14(9)20)19(22,23)24)16-13(6-15(17)21)18(28)10(7-25)8-27-16/h2-3,5-6,8,26H,4H2,1H3,(H,27,28). The molecule has 1 heterocycles. The molecule has 1 aromatic heterocycles. The molecule has 2 aromatic carbocycles. The number of nitrogens with one attached hydrogen (secondary N) is 2. The minimum atomic E-state index is -4.69. The van der Waals surface area contributed by atoms with Crippen LogP contribution >= 0.6 is 0 Å². The molecule has 3 rings (SSSR count). The topological polar surface area (TPSA) is 68.7 Å². The van der Waals surface area contributed by atoms with Crippen LogP contribution in [0.2, 0.25) is 0 Å². The average molecular weight is 393 g/mol. The van der Waals surface area contributed by atoms with Crippen LogP contribution in [-0.2, 0) is 12.6 Å². The van der Waals surface area contributed by atoms with Crippen LogP contribution in [0.1, 0.15) is 22.3 Å². The van der Waals surface area contributed by atoms with Crippen LogP contribution in [0.4, 0.5) is 27.6 Å². The molecular weight excluding hydrogens is 381 g/mol. The zero-order chi connectivity index (χ0) is 20.6. The van der Waals surface area contributed by atoms with Crippen LogP contribution in [0.15, 0.2) is 35.3 Å². The molecular formula is C19H12F5N3O. The van der Waals surface area contributed by atoms with Gasteiger partial charge in [-0.2, -0.15) is 18.4 Å². The van der Waals surface area contributed by atoms with Crippen molar-refractivity contribution in [2.45, 2.75) is 12.6 Å². The van der Waals surface area contributed by atoms with Crippen LogP contribution in [0.5, 0.6) is 0 Å². The van der Waals surface area contributed by atoms with Gasteiger partial charge in [0.25, 0.3) is 0 Å². The van der Waals surface area contributed by atoms with Crippen molar-refractivity contribution in [1.82, 2.24) is 4.98 Å². The number of nitrogens with zero attached hydrogens (tertiary/aromatic N) is 1. The van der Waals surface area contributed by atoms with E-state index in [1.54, 1.807) is 6.07 Å². The molecule has 9 heteroatoms. The molecule has 0 atom stereocenters. The van der Waals surface area contributed by atoms with E-state index in [1.807, 2.05) is 0 Å². The number of hydrogen-bond acceptors (Lipinski definition) is 3. The van der Waals surface area contributed by atoms with Crippen LogP contribution in [0, 0.1) is 23.0 Å². The fraction of sp³-hybridized carbons (Fsp3) is 0.158. The van der Waals surface area contributed by atoms with E-state index < -0.39 is 28.8 Å². The van der Waals surface area contributed by atoms with Crippen molar-refractivity contribution in [3.8, 4) is 6.07 Å². The van der Waals surface area contributed by atoms with E-state index in [-0.39, 0.29) is 39.7 Å². The number of rotatable bonds is 3. The average Bonchev–Trinajstić information content (AvgIpc) is 2.63. The summed E-state index contributed by atoms with van der Waals surface area (Å²) in [6.45, 7) is 0. The maximum absolute atomic E-state index is 14.5. The first-order valence-electron chi connectivity index (χ1n) is 7.97. The zero-order valence-electron chi connectivity index (χ0n) is 14.3. The van der Waals surface area contributed by atoms with Crippen LogP contribution in [0.3, 0.4) is 0 Å². The van der Waals surface area contributed by atoms with Gasteiger partial charge in [0.1, 0.15) is 23.3 Å². The molecule has 0 aliphatic rings. The lowest BCUT2D eigenvalue weighted by atomic mass is 9.97. The summed E-state index contributed by atoms with van der Waals surface area (Å²) in [5.74, 6) is -1.91. The third-order valence-corrected chi connectivity index (χ3v) is 4.35. The van der Waals surface area contributed by atoms with Crippen LogP contribution in [0.25, 0.3) is 10.9 Å². The number of nitriles is 1. The first kappa shape index (κ1) is 19.4. The highest BCUT2D eigenvalue weighted by atomic mass is 19.4. The van der Waals surface area contributed by atoms with E-state index in [4.69, 9.17) is 5.26 Å². The molecule has 0 aliphatic carbocycles. The highest BCUT2D eigenvalue weighted by molar-refractivity contribution is 5.88. The zero-order valence-corrected chi connectivity index (χ0v) is 14.3. The second kappa shape index (κ2) is 6.96. The lowest BCUT2D eigenvalue weighted by molar-refractivity contribution is -0.137. The Morgan fingerprint density at radius 1 is 1.18 bits per heavy atom. The number of benzene rings is 2. The molecule has 4 nitrogen and oxygen atoms in total. The summed E-state index contributed by atoms with van der Waals surface area (Å²) < 4.78 is 66.9. The van der Waals surface area contributed by atoms with Crippen LogP contribution < -0.4 is 10.7 Å². The van der Waals surface area contributed by atoms with Gasteiger partial charge >= 0.3 is 6.18 Å². The number of hydrogen-bond donors (Lipinski definition) is 2.